The van der Waals surface area contributed by atoms with Gasteiger partial charge in [0.25, 0.3) is 5.91 Å². The Labute approximate surface area is 158 Å². The SMILES string of the molecule is COc1cccc(NC(=O)c2cc(Nc3c(C)cccc3C)nc(C)n2)c1. The molecule has 6 heteroatoms. The first-order chi connectivity index (χ1) is 13.0. The van der Waals surface area contributed by atoms with Crippen LogP contribution in [0.25, 0.3) is 0 Å². The molecular weight excluding hydrogens is 340 g/mol. The van der Waals surface area contributed by atoms with Crippen molar-refractivity contribution < 1.29 is 9.53 Å². The molecule has 1 amide bonds. The van der Waals surface area contributed by atoms with Crippen molar-refractivity contribution in [1.82, 2.24) is 9.97 Å². The summed E-state index contributed by atoms with van der Waals surface area (Å²) in [5.74, 6) is 1.46. The number of para-hydroxylation sites is 1. The van der Waals surface area contributed by atoms with Crippen molar-refractivity contribution in [3.8, 4) is 5.75 Å². The molecule has 2 N–H and O–H groups in total. The summed E-state index contributed by atoms with van der Waals surface area (Å²) in [5, 5.41) is 6.14. The molecule has 0 saturated heterocycles. The number of anilines is 3. The predicted molar refractivity (Wildman–Crippen MR) is 107 cm³/mol. The van der Waals surface area contributed by atoms with Gasteiger partial charge in [0.2, 0.25) is 0 Å². The van der Waals surface area contributed by atoms with E-state index in [-0.39, 0.29) is 5.91 Å². The molecule has 0 aliphatic rings. The van der Waals surface area contributed by atoms with Crippen LogP contribution in [-0.4, -0.2) is 23.0 Å². The Kier molecular flexibility index (Phi) is 5.35. The van der Waals surface area contributed by atoms with Crippen LogP contribution in [0.3, 0.4) is 0 Å². The molecule has 0 radical (unpaired) electrons. The fraction of sp³-hybridized carbons (Fsp3) is 0.190. The maximum Gasteiger partial charge on any atom is 0.274 e. The molecule has 0 aliphatic carbocycles. The van der Waals surface area contributed by atoms with Gasteiger partial charge in [-0.05, 0) is 44.0 Å². The van der Waals surface area contributed by atoms with Gasteiger partial charge in [-0.25, -0.2) is 9.97 Å². The molecular formula is C21H22N4O2. The van der Waals surface area contributed by atoms with Gasteiger partial charge in [-0.2, -0.15) is 0 Å². The number of hydrogen-bond acceptors (Lipinski definition) is 5. The van der Waals surface area contributed by atoms with Gasteiger partial charge >= 0.3 is 0 Å². The van der Waals surface area contributed by atoms with Crippen molar-refractivity contribution in [2.75, 3.05) is 17.7 Å². The Hall–Kier alpha value is -3.41. The quantitative estimate of drug-likeness (QED) is 0.703. The van der Waals surface area contributed by atoms with E-state index < -0.39 is 0 Å². The van der Waals surface area contributed by atoms with Gasteiger partial charge in [0, 0.05) is 23.5 Å². The average molecular weight is 362 g/mol. The van der Waals surface area contributed by atoms with Crippen LogP contribution < -0.4 is 15.4 Å². The molecule has 3 aromatic rings. The number of ether oxygens (including phenoxy) is 1. The molecule has 0 spiro atoms. The summed E-state index contributed by atoms with van der Waals surface area (Å²) in [6, 6.07) is 14.9. The number of hydrogen-bond donors (Lipinski definition) is 2. The van der Waals surface area contributed by atoms with Crippen molar-refractivity contribution in [2.24, 2.45) is 0 Å². The van der Waals surface area contributed by atoms with E-state index in [0.29, 0.717) is 28.8 Å². The Bertz CT molecular complexity index is 965. The number of amides is 1. The lowest BCUT2D eigenvalue weighted by Crippen LogP contribution is -2.15. The van der Waals surface area contributed by atoms with Crippen LogP contribution in [0.2, 0.25) is 0 Å². The Morgan fingerprint density at radius 3 is 2.37 bits per heavy atom. The van der Waals surface area contributed by atoms with Crippen LogP contribution >= 0.6 is 0 Å². The van der Waals surface area contributed by atoms with Crippen LogP contribution in [0.15, 0.2) is 48.5 Å². The fourth-order valence-corrected chi connectivity index (χ4v) is 2.78. The highest BCUT2D eigenvalue weighted by Crippen LogP contribution is 2.24. The van der Waals surface area contributed by atoms with E-state index in [2.05, 4.69) is 20.6 Å². The standard InChI is InChI=1S/C21H22N4O2/c1-13-7-5-8-14(2)20(13)25-19-12-18(22-15(3)23-19)21(26)24-16-9-6-10-17(11-16)27-4/h5-12H,1-4H3,(H,24,26)(H,22,23,25). The van der Waals surface area contributed by atoms with Crippen LogP contribution in [-0.2, 0) is 0 Å². The van der Waals surface area contributed by atoms with Crippen LogP contribution in [0, 0.1) is 20.8 Å². The molecule has 0 unspecified atom stereocenters. The van der Waals surface area contributed by atoms with Gasteiger partial charge in [-0.15, -0.1) is 0 Å². The molecule has 1 aromatic heterocycles. The highest BCUT2D eigenvalue weighted by Gasteiger charge is 2.12. The first kappa shape index (κ1) is 18.4. The van der Waals surface area contributed by atoms with E-state index >= 15 is 0 Å². The van der Waals surface area contributed by atoms with Gasteiger partial charge in [0.15, 0.2) is 0 Å². The highest BCUT2D eigenvalue weighted by molar-refractivity contribution is 6.03. The maximum atomic E-state index is 12.6. The molecule has 0 atom stereocenters. The first-order valence-electron chi connectivity index (χ1n) is 8.60. The smallest absolute Gasteiger partial charge is 0.274 e. The third kappa shape index (κ3) is 4.41. The van der Waals surface area contributed by atoms with E-state index in [1.807, 2.05) is 44.2 Å². The van der Waals surface area contributed by atoms with Crippen LogP contribution in [0.1, 0.15) is 27.4 Å². The van der Waals surface area contributed by atoms with E-state index in [1.54, 1.807) is 32.2 Å². The molecule has 27 heavy (non-hydrogen) atoms. The zero-order valence-electron chi connectivity index (χ0n) is 15.8. The summed E-state index contributed by atoms with van der Waals surface area (Å²) in [4.78, 5) is 21.3. The topological polar surface area (TPSA) is 76.1 Å². The van der Waals surface area contributed by atoms with Gasteiger partial charge in [0.1, 0.15) is 23.1 Å². The summed E-state index contributed by atoms with van der Waals surface area (Å²) in [5.41, 5.74) is 4.12. The number of aryl methyl sites for hydroxylation is 3. The lowest BCUT2D eigenvalue weighted by atomic mass is 10.1. The lowest BCUT2D eigenvalue weighted by molar-refractivity contribution is 0.102. The second kappa shape index (κ2) is 7.86. The van der Waals surface area contributed by atoms with E-state index in [1.165, 1.54) is 0 Å². The molecule has 6 nitrogen and oxygen atoms in total. The van der Waals surface area contributed by atoms with Gasteiger partial charge < -0.3 is 15.4 Å². The number of aromatic nitrogens is 2. The Balaban J connectivity index is 1.85. The zero-order chi connectivity index (χ0) is 19.4. The van der Waals surface area contributed by atoms with Gasteiger partial charge in [-0.3, -0.25) is 4.79 Å². The van der Waals surface area contributed by atoms with Crippen molar-refractivity contribution in [3.63, 3.8) is 0 Å². The predicted octanol–water partition coefficient (Wildman–Crippen LogP) is 4.41. The highest BCUT2D eigenvalue weighted by atomic mass is 16.5. The third-order valence-electron chi connectivity index (χ3n) is 4.13. The number of benzene rings is 2. The minimum absolute atomic E-state index is 0.291. The van der Waals surface area contributed by atoms with Gasteiger partial charge in [-0.1, -0.05) is 24.3 Å². The molecule has 2 aromatic carbocycles. The number of methoxy groups -OCH3 is 1. The molecule has 0 aliphatic heterocycles. The molecule has 1 heterocycles. The lowest BCUT2D eigenvalue weighted by Gasteiger charge is -2.13. The van der Waals surface area contributed by atoms with E-state index in [9.17, 15) is 4.79 Å². The second-order valence-corrected chi connectivity index (χ2v) is 6.26. The molecule has 0 saturated carbocycles. The Morgan fingerprint density at radius 2 is 1.67 bits per heavy atom. The number of carbonyl (C=O) groups is 1. The van der Waals surface area contributed by atoms with Crippen molar-refractivity contribution in [2.45, 2.75) is 20.8 Å². The second-order valence-electron chi connectivity index (χ2n) is 6.26. The third-order valence-corrected chi connectivity index (χ3v) is 4.13. The molecule has 0 bridgehead atoms. The monoisotopic (exact) mass is 362 g/mol. The summed E-state index contributed by atoms with van der Waals surface area (Å²) >= 11 is 0. The molecule has 3 rings (SSSR count). The van der Waals surface area contributed by atoms with E-state index in [4.69, 9.17) is 4.74 Å². The van der Waals surface area contributed by atoms with Gasteiger partial charge in [0.05, 0.1) is 7.11 Å². The minimum atomic E-state index is -0.307. The number of carbonyl (C=O) groups excluding carboxylic acids is 1. The van der Waals surface area contributed by atoms with Crippen molar-refractivity contribution in [1.29, 1.82) is 0 Å². The number of nitrogens with zero attached hydrogens (tertiary/aromatic N) is 2. The summed E-state index contributed by atoms with van der Waals surface area (Å²) in [6.45, 7) is 5.82. The molecule has 138 valence electrons. The first-order valence-corrected chi connectivity index (χ1v) is 8.60. The van der Waals surface area contributed by atoms with Crippen LogP contribution in [0.4, 0.5) is 17.2 Å². The summed E-state index contributed by atoms with van der Waals surface area (Å²) in [7, 11) is 1.58. The Morgan fingerprint density at radius 1 is 0.963 bits per heavy atom. The molecule has 0 fully saturated rings. The average Bonchev–Trinajstić information content (AvgIpc) is 2.64. The van der Waals surface area contributed by atoms with Crippen molar-refractivity contribution in [3.05, 3.63) is 71.2 Å². The fourth-order valence-electron chi connectivity index (χ4n) is 2.78. The maximum absolute atomic E-state index is 12.6. The summed E-state index contributed by atoms with van der Waals surface area (Å²) < 4.78 is 5.18. The number of nitrogens with one attached hydrogen (secondary N) is 2. The largest absolute Gasteiger partial charge is 0.497 e. The normalized spacial score (nSPS) is 10.4. The van der Waals surface area contributed by atoms with E-state index in [0.717, 1.165) is 16.8 Å². The summed E-state index contributed by atoms with van der Waals surface area (Å²) in [6.07, 6.45) is 0. The van der Waals surface area contributed by atoms with Crippen molar-refractivity contribution >= 4 is 23.1 Å². The number of rotatable bonds is 5. The zero-order valence-corrected chi connectivity index (χ0v) is 15.8. The van der Waals surface area contributed by atoms with Crippen LogP contribution in [0.5, 0.6) is 5.75 Å². The minimum Gasteiger partial charge on any atom is -0.497 e.